The van der Waals surface area contributed by atoms with E-state index in [-0.39, 0.29) is 12.8 Å². The van der Waals surface area contributed by atoms with Crippen molar-refractivity contribution >= 4 is 27.7 Å². The number of amides is 3. The van der Waals surface area contributed by atoms with E-state index in [0.717, 1.165) is 6.26 Å². The van der Waals surface area contributed by atoms with E-state index in [9.17, 15) is 22.8 Å². The van der Waals surface area contributed by atoms with Gasteiger partial charge in [-0.15, -0.1) is 0 Å². The van der Waals surface area contributed by atoms with E-state index in [1.807, 2.05) is 0 Å². The number of rotatable bonds is 3. The predicted octanol–water partition coefficient (Wildman–Crippen LogP) is -1.04. The first-order valence-electron chi connectivity index (χ1n) is 5.73. The number of imide groups is 1. The number of aliphatic carboxylic acids is 1. The third-order valence-corrected chi connectivity index (χ3v) is 5.27. The number of carboxylic acids is 1. The van der Waals surface area contributed by atoms with Crippen LogP contribution in [0.1, 0.15) is 19.3 Å². The van der Waals surface area contributed by atoms with Crippen molar-refractivity contribution < 1.29 is 27.9 Å². The van der Waals surface area contributed by atoms with Crippen LogP contribution in [0.5, 0.6) is 0 Å². The molecule has 0 bridgehead atoms. The molecule has 1 aliphatic carbocycles. The summed E-state index contributed by atoms with van der Waals surface area (Å²) in [5.74, 6) is -2.08. The van der Waals surface area contributed by atoms with Crippen LogP contribution in [0.3, 0.4) is 0 Å². The van der Waals surface area contributed by atoms with Crippen LogP contribution in [-0.2, 0) is 19.4 Å². The van der Waals surface area contributed by atoms with Gasteiger partial charge in [0.1, 0.15) is 12.1 Å². The quantitative estimate of drug-likeness (QED) is 0.640. The lowest BCUT2D eigenvalue weighted by Gasteiger charge is -2.27. The van der Waals surface area contributed by atoms with Gasteiger partial charge in [-0.25, -0.2) is 13.2 Å². The fraction of sp³-hybridized carbons (Fsp3) is 0.700. The lowest BCUT2D eigenvalue weighted by Crippen LogP contribution is -2.55. The summed E-state index contributed by atoms with van der Waals surface area (Å²) in [5.41, 5.74) is -1.49. The molecule has 1 heterocycles. The van der Waals surface area contributed by atoms with Gasteiger partial charge in [-0.1, -0.05) is 0 Å². The average Bonchev–Trinajstić information content (AvgIpc) is 2.76. The van der Waals surface area contributed by atoms with Crippen molar-refractivity contribution in [2.45, 2.75) is 30.1 Å². The molecule has 8 nitrogen and oxygen atoms in total. The zero-order chi connectivity index (χ0) is 14.4. The molecule has 1 aliphatic heterocycles. The zero-order valence-electron chi connectivity index (χ0n) is 10.2. The zero-order valence-corrected chi connectivity index (χ0v) is 11.1. The number of urea groups is 1. The van der Waals surface area contributed by atoms with E-state index in [4.69, 9.17) is 5.11 Å². The largest absolute Gasteiger partial charge is 0.480 e. The van der Waals surface area contributed by atoms with Crippen molar-refractivity contribution in [2.75, 3.05) is 12.8 Å². The highest BCUT2D eigenvalue weighted by atomic mass is 32.2. The van der Waals surface area contributed by atoms with Crippen molar-refractivity contribution in [3.63, 3.8) is 0 Å². The van der Waals surface area contributed by atoms with E-state index < -0.39 is 45.1 Å². The van der Waals surface area contributed by atoms with E-state index in [2.05, 4.69) is 5.32 Å². The summed E-state index contributed by atoms with van der Waals surface area (Å²) in [5, 5.41) is 10.1. The summed E-state index contributed by atoms with van der Waals surface area (Å²) in [6.07, 6.45) is 2.01. The second kappa shape index (κ2) is 4.19. The predicted molar refractivity (Wildman–Crippen MR) is 63.1 cm³/mol. The minimum atomic E-state index is -3.51. The molecular formula is C10H14N2O6S. The highest BCUT2D eigenvalue weighted by Gasteiger charge is 2.61. The van der Waals surface area contributed by atoms with Gasteiger partial charge >= 0.3 is 12.0 Å². The summed E-state index contributed by atoms with van der Waals surface area (Å²) in [4.78, 5) is 35.1. The molecule has 2 N–H and O–H groups in total. The molecule has 3 amide bonds. The molecule has 1 saturated heterocycles. The maximum Gasteiger partial charge on any atom is 0.325 e. The molecule has 2 aliphatic rings. The normalized spacial score (nSPS) is 31.0. The third kappa shape index (κ3) is 2.07. The van der Waals surface area contributed by atoms with E-state index in [1.165, 1.54) is 0 Å². The molecule has 2 fully saturated rings. The van der Waals surface area contributed by atoms with Crippen molar-refractivity contribution in [1.29, 1.82) is 0 Å². The standard InChI is InChI=1S/C10H14N2O6S/c1-19(17,18)6-3-2-4-10(6)8(15)12(5-7(13)14)9(16)11-10/h6H,2-5H2,1H3,(H,11,16)(H,13,14). The van der Waals surface area contributed by atoms with Crippen LogP contribution in [0.15, 0.2) is 0 Å². The molecule has 2 rings (SSSR count). The molecule has 0 aromatic heterocycles. The molecule has 1 saturated carbocycles. The van der Waals surface area contributed by atoms with Crippen LogP contribution in [0.4, 0.5) is 4.79 Å². The van der Waals surface area contributed by atoms with Gasteiger partial charge in [0.05, 0.1) is 5.25 Å². The number of nitrogens with zero attached hydrogens (tertiary/aromatic N) is 1. The van der Waals surface area contributed by atoms with Gasteiger partial charge in [-0.2, -0.15) is 0 Å². The molecule has 0 aromatic rings. The summed E-state index contributed by atoms with van der Waals surface area (Å²) >= 11 is 0. The summed E-state index contributed by atoms with van der Waals surface area (Å²) in [7, 11) is -3.51. The Morgan fingerprint density at radius 1 is 1.53 bits per heavy atom. The van der Waals surface area contributed by atoms with Gasteiger partial charge in [-0.3, -0.25) is 14.5 Å². The van der Waals surface area contributed by atoms with Gasteiger partial charge in [0, 0.05) is 6.26 Å². The van der Waals surface area contributed by atoms with Crippen molar-refractivity contribution in [3.8, 4) is 0 Å². The lowest BCUT2D eigenvalue weighted by molar-refractivity contribution is -0.142. The minimum Gasteiger partial charge on any atom is -0.480 e. The smallest absolute Gasteiger partial charge is 0.325 e. The van der Waals surface area contributed by atoms with Crippen molar-refractivity contribution in [1.82, 2.24) is 10.2 Å². The molecule has 1 spiro atoms. The van der Waals surface area contributed by atoms with Gasteiger partial charge in [0.15, 0.2) is 9.84 Å². The van der Waals surface area contributed by atoms with E-state index in [0.29, 0.717) is 11.3 Å². The number of nitrogens with one attached hydrogen (secondary N) is 1. The number of sulfone groups is 1. The van der Waals surface area contributed by atoms with Crippen molar-refractivity contribution in [2.24, 2.45) is 0 Å². The molecule has 2 unspecified atom stereocenters. The summed E-state index contributed by atoms with van der Waals surface area (Å²) in [6.45, 7) is -0.761. The fourth-order valence-electron chi connectivity index (χ4n) is 2.86. The highest BCUT2D eigenvalue weighted by Crippen LogP contribution is 2.39. The number of hydrogen-bond acceptors (Lipinski definition) is 5. The molecule has 106 valence electrons. The molecule has 19 heavy (non-hydrogen) atoms. The Morgan fingerprint density at radius 3 is 2.68 bits per heavy atom. The molecule has 9 heteroatoms. The van der Waals surface area contributed by atoms with Crippen LogP contribution in [0.2, 0.25) is 0 Å². The number of hydrogen-bond donors (Lipinski definition) is 2. The van der Waals surface area contributed by atoms with Gasteiger partial charge in [0.25, 0.3) is 5.91 Å². The van der Waals surface area contributed by atoms with Crippen LogP contribution in [0.25, 0.3) is 0 Å². The third-order valence-electron chi connectivity index (χ3n) is 3.60. The first-order valence-corrected chi connectivity index (χ1v) is 7.69. The Labute approximate surface area is 109 Å². The minimum absolute atomic E-state index is 0.214. The summed E-state index contributed by atoms with van der Waals surface area (Å²) < 4.78 is 23.5. The van der Waals surface area contributed by atoms with Crippen LogP contribution >= 0.6 is 0 Å². The number of carboxylic acid groups (broad SMARTS) is 1. The van der Waals surface area contributed by atoms with Gasteiger partial charge in [-0.05, 0) is 19.3 Å². The maximum atomic E-state index is 12.2. The monoisotopic (exact) mass is 290 g/mol. The highest BCUT2D eigenvalue weighted by molar-refractivity contribution is 7.91. The van der Waals surface area contributed by atoms with E-state index >= 15 is 0 Å². The average molecular weight is 290 g/mol. The Bertz CT molecular complexity index is 556. The van der Waals surface area contributed by atoms with Gasteiger partial charge < -0.3 is 10.4 Å². The second-order valence-electron chi connectivity index (χ2n) is 4.90. The fourth-order valence-corrected chi connectivity index (χ4v) is 4.47. The molecular weight excluding hydrogens is 276 g/mol. The van der Waals surface area contributed by atoms with Crippen molar-refractivity contribution in [3.05, 3.63) is 0 Å². The van der Waals surface area contributed by atoms with Gasteiger partial charge in [0.2, 0.25) is 0 Å². The molecule has 0 aromatic carbocycles. The van der Waals surface area contributed by atoms with Crippen LogP contribution < -0.4 is 5.32 Å². The summed E-state index contributed by atoms with van der Waals surface area (Å²) in [6, 6.07) is -0.844. The first kappa shape index (κ1) is 13.8. The second-order valence-corrected chi connectivity index (χ2v) is 7.13. The Balaban J connectivity index is 2.38. The number of carbonyl (C=O) groups excluding carboxylic acids is 2. The maximum absolute atomic E-state index is 12.2. The van der Waals surface area contributed by atoms with E-state index in [1.54, 1.807) is 0 Å². The van der Waals surface area contributed by atoms with Crippen LogP contribution in [0, 0.1) is 0 Å². The molecule has 0 radical (unpaired) electrons. The number of carbonyl (C=O) groups is 3. The van der Waals surface area contributed by atoms with Crippen LogP contribution in [-0.4, -0.2) is 59.9 Å². The molecule has 2 atom stereocenters. The Hall–Kier alpha value is -1.64. The Kier molecular flexibility index (Phi) is 3.04. The topological polar surface area (TPSA) is 121 Å². The first-order chi connectivity index (χ1) is 8.68. The Morgan fingerprint density at radius 2 is 2.16 bits per heavy atom. The SMILES string of the molecule is CS(=O)(=O)C1CCCC12NC(=O)N(CC(=O)O)C2=O. The lowest BCUT2D eigenvalue weighted by atomic mass is 9.97.